The highest BCUT2D eigenvalue weighted by molar-refractivity contribution is 5.81. The molecule has 0 aliphatic rings. The molecule has 3 N–H and O–H groups in total. The third kappa shape index (κ3) is 4.44. The summed E-state index contributed by atoms with van der Waals surface area (Å²) in [6, 6.07) is 7.19. The highest BCUT2D eigenvalue weighted by atomic mass is 16.5. The fourth-order valence-electron chi connectivity index (χ4n) is 1.47. The Balaban J connectivity index is 2.53. The second-order valence-corrected chi connectivity index (χ2v) is 3.92. The molecule has 0 heterocycles. The zero-order chi connectivity index (χ0) is 12.7. The number of likely N-dealkylation sites (N-methyl/N-ethyl adjacent to an activating group) is 1. The van der Waals surface area contributed by atoms with Gasteiger partial charge in [0, 0.05) is 7.05 Å². The molecule has 0 aromatic heterocycles. The predicted molar refractivity (Wildman–Crippen MR) is 68.0 cm³/mol. The van der Waals surface area contributed by atoms with Crippen molar-refractivity contribution in [3.63, 3.8) is 0 Å². The van der Waals surface area contributed by atoms with Gasteiger partial charge in [-0.15, -0.1) is 0 Å². The van der Waals surface area contributed by atoms with Crippen molar-refractivity contribution in [2.75, 3.05) is 13.7 Å². The molecule has 1 aromatic rings. The third-order valence-corrected chi connectivity index (χ3v) is 2.43. The van der Waals surface area contributed by atoms with Gasteiger partial charge in [0.2, 0.25) is 5.91 Å². The number of carbonyl (C=O) groups is 1. The molecule has 4 nitrogen and oxygen atoms in total. The van der Waals surface area contributed by atoms with Crippen LogP contribution in [0.4, 0.5) is 0 Å². The summed E-state index contributed by atoms with van der Waals surface area (Å²) < 4.78 is 5.47. The Morgan fingerprint density at radius 3 is 2.59 bits per heavy atom. The van der Waals surface area contributed by atoms with Gasteiger partial charge in [0.05, 0.1) is 12.6 Å². The van der Waals surface area contributed by atoms with Crippen LogP contribution in [0.5, 0.6) is 5.75 Å². The second kappa shape index (κ2) is 6.91. The Hall–Kier alpha value is -1.55. The summed E-state index contributed by atoms with van der Waals surface area (Å²) in [6.07, 6.45) is 1.52. The maximum Gasteiger partial charge on any atom is 0.237 e. The molecule has 0 bridgehead atoms. The molecule has 0 fully saturated rings. The van der Waals surface area contributed by atoms with Crippen LogP contribution in [0.2, 0.25) is 0 Å². The molecule has 0 unspecified atom stereocenters. The van der Waals surface area contributed by atoms with E-state index in [0.29, 0.717) is 6.42 Å². The van der Waals surface area contributed by atoms with Gasteiger partial charge in [-0.3, -0.25) is 4.79 Å². The number of nitrogens with one attached hydrogen (secondary N) is 1. The highest BCUT2D eigenvalue weighted by Crippen LogP contribution is 2.13. The van der Waals surface area contributed by atoms with Gasteiger partial charge in [-0.1, -0.05) is 19.1 Å². The molecule has 0 saturated carbocycles. The lowest BCUT2D eigenvalue weighted by atomic mass is 10.1. The maximum absolute atomic E-state index is 11.3. The van der Waals surface area contributed by atoms with Crippen LogP contribution in [0, 0.1) is 0 Å². The van der Waals surface area contributed by atoms with Crippen LogP contribution >= 0.6 is 0 Å². The van der Waals surface area contributed by atoms with Crippen molar-refractivity contribution in [1.29, 1.82) is 0 Å². The molecule has 1 aromatic carbocycles. The first-order valence-electron chi connectivity index (χ1n) is 5.86. The van der Waals surface area contributed by atoms with E-state index in [2.05, 4.69) is 12.2 Å². The Morgan fingerprint density at radius 2 is 2.06 bits per heavy atom. The van der Waals surface area contributed by atoms with Gasteiger partial charge in [-0.2, -0.15) is 0 Å². The lowest BCUT2D eigenvalue weighted by molar-refractivity contribution is -0.121. The van der Waals surface area contributed by atoms with E-state index in [1.165, 1.54) is 0 Å². The number of rotatable bonds is 6. The van der Waals surface area contributed by atoms with Gasteiger partial charge in [0.15, 0.2) is 0 Å². The quantitative estimate of drug-likeness (QED) is 0.777. The third-order valence-electron chi connectivity index (χ3n) is 2.43. The monoisotopic (exact) mass is 236 g/mol. The molecule has 0 aliphatic carbocycles. The minimum atomic E-state index is -0.498. The molecule has 94 valence electrons. The van der Waals surface area contributed by atoms with Crippen molar-refractivity contribution in [3.8, 4) is 5.75 Å². The first kappa shape index (κ1) is 13.5. The summed E-state index contributed by atoms with van der Waals surface area (Å²) >= 11 is 0. The second-order valence-electron chi connectivity index (χ2n) is 3.92. The van der Waals surface area contributed by atoms with Crippen LogP contribution in [-0.2, 0) is 11.2 Å². The van der Waals surface area contributed by atoms with E-state index in [1.807, 2.05) is 24.3 Å². The number of hydrogen-bond donors (Lipinski definition) is 2. The molecular formula is C13H20N2O2. The SMILES string of the molecule is CCCOc1ccc(C[C@H](N)C(=O)NC)cc1. The van der Waals surface area contributed by atoms with E-state index in [4.69, 9.17) is 10.5 Å². The number of amides is 1. The largest absolute Gasteiger partial charge is 0.494 e. The van der Waals surface area contributed by atoms with Gasteiger partial charge >= 0.3 is 0 Å². The van der Waals surface area contributed by atoms with Gasteiger partial charge in [-0.25, -0.2) is 0 Å². The van der Waals surface area contributed by atoms with E-state index >= 15 is 0 Å². The van der Waals surface area contributed by atoms with Crippen molar-refractivity contribution in [3.05, 3.63) is 29.8 Å². The summed E-state index contributed by atoms with van der Waals surface area (Å²) in [5, 5.41) is 2.54. The predicted octanol–water partition coefficient (Wildman–Crippen LogP) is 1.09. The van der Waals surface area contributed by atoms with E-state index in [1.54, 1.807) is 7.05 Å². The molecule has 1 amide bonds. The standard InChI is InChI=1S/C13H20N2O2/c1-3-8-17-11-6-4-10(5-7-11)9-12(14)13(16)15-2/h4-7,12H,3,8-9,14H2,1-2H3,(H,15,16)/t12-/m0/s1. The Kier molecular flexibility index (Phi) is 5.49. The van der Waals surface area contributed by atoms with Gasteiger partial charge < -0.3 is 15.8 Å². The minimum absolute atomic E-state index is 0.142. The van der Waals surface area contributed by atoms with Crippen LogP contribution in [0.25, 0.3) is 0 Å². The smallest absolute Gasteiger partial charge is 0.237 e. The van der Waals surface area contributed by atoms with E-state index in [-0.39, 0.29) is 5.91 Å². The molecule has 1 rings (SSSR count). The normalized spacial score (nSPS) is 11.9. The van der Waals surface area contributed by atoms with Crippen LogP contribution in [0.15, 0.2) is 24.3 Å². The zero-order valence-electron chi connectivity index (χ0n) is 10.4. The first-order chi connectivity index (χ1) is 8.17. The van der Waals surface area contributed by atoms with Gasteiger partial charge in [-0.05, 0) is 30.5 Å². The summed E-state index contributed by atoms with van der Waals surface area (Å²) in [5.74, 6) is 0.709. The molecule has 0 saturated heterocycles. The van der Waals surface area contributed by atoms with Crippen molar-refractivity contribution in [1.82, 2.24) is 5.32 Å². The minimum Gasteiger partial charge on any atom is -0.494 e. The lowest BCUT2D eigenvalue weighted by Gasteiger charge is -2.10. The van der Waals surface area contributed by atoms with Crippen LogP contribution in [-0.4, -0.2) is 25.6 Å². The molecule has 0 aliphatic heterocycles. The Labute approximate surface area is 102 Å². The topological polar surface area (TPSA) is 64.3 Å². The molecule has 0 radical (unpaired) electrons. The van der Waals surface area contributed by atoms with Crippen molar-refractivity contribution >= 4 is 5.91 Å². The molecule has 1 atom stereocenters. The van der Waals surface area contributed by atoms with Gasteiger partial charge in [0.1, 0.15) is 5.75 Å². The van der Waals surface area contributed by atoms with Crippen LogP contribution in [0.1, 0.15) is 18.9 Å². The highest BCUT2D eigenvalue weighted by Gasteiger charge is 2.11. The lowest BCUT2D eigenvalue weighted by Crippen LogP contribution is -2.40. The fraction of sp³-hybridized carbons (Fsp3) is 0.462. The Morgan fingerprint density at radius 1 is 1.41 bits per heavy atom. The number of benzene rings is 1. The van der Waals surface area contributed by atoms with Crippen LogP contribution in [0.3, 0.4) is 0 Å². The summed E-state index contributed by atoms with van der Waals surface area (Å²) in [5.41, 5.74) is 6.77. The van der Waals surface area contributed by atoms with E-state index in [9.17, 15) is 4.79 Å². The van der Waals surface area contributed by atoms with Gasteiger partial charge in [0.25, 0.3) is 0 Å². The maximum atomic E-state index is 11.3. The first-order valence-corrected chi connectivity index (χ1v) is 5.86. The summed E-state index contributed by atoms with van der Waals surface area (Å²) in [7, 11) is 1.59. The van der Waals surface area contributed by atoms with Crippen molar-refractivity contribution in [2.45, 2.75) is 25.8 Å². The zero-order valence-corrected chi connectivity index (χ0v) is 10.4. The average Bonchev–Trinajstić information content (AvgIpc) is 2.37. The number of nitrogens with two attached hydrogens (primary N) is 1. The van der Waals surface area contributed by atoms with Crippen molar-refractivity contribution < 1.29 is 9.53 Å². The van der Waals surface area contributed by atoms with E-state index < -0.39 is 6.04 Å². The van der Waals surface area contributed by atoms with E-state index in [0.717, 1.165) is 24.3 Å². The summed E-state index contributed by atoms with van der Waals surface area (Å²) in [6.45, 7) is 2.79. The summed E-state index contributed by atoms with van der Waals surface area (Å²) in [4.78, 5) is 11.3. The van der Waals surface area contributed by atoms with Crippen molar-refractivity contribution in [2.24, 2.45) is 5.73 Å². The molecule has 0 spiro atoms. The molecule has 17 heavy (non-hydrogen) atoms. The Bertz CT molecular complexity index is 349. The average molecular weight is 236 g/mol. The number of carbonyl (C=O) groups excluding carboxylic acids is 1. The molecule has 4 heteroatoms. The number of ether oxygens (including phenoxy) is 1. The van der Waals surface area contributed by atoms with Crippen LogP contribution < -0.4 is 15.8 Å². The fourth-order valence-corrected chi connectivity index (χ4v) is 1.47. The molecular weight excluding hydrogens is 216 g/mol. The number of hydrogen-bond acceptors (Lipinski definition) is 3.